The number of amides is 1. The second-order valence-corrected chi connectivity index (χ2v) is 6.53. The van der Waals surface area contributed by atoms with E-state index in [1.807, 2.05) is 6.92 Å². The first kappa shape index (κ1) is 17.4. The second-order valence-electron chi connectivity index (χ2n) is 6.53. The third-order valence-corrected chi connectivity index (χ3v) is 4.68. The maximum atomic E-state index is 13.8. The zero-order valence-electron chi connectivity index (χ0n) is 14.4. The number of aliphatic hydroxyl groups is 1. The highest BCUT2D eigenvalue weighted by Crippen LogP contribution is 2.30. The molecule has 3 rings (SSSR count). The van der Waals surface area contributed by atoms with Crippen LogP contribution in [0.4, 0.5) is 10.1 Å². The average Bonchev–Trinajstić information content (AvgIpc) is 3.02. The van der Waals surface area contributed by atoms with Crippen LogP contribution in [0.15, 0.2) is 24.4 Å². The number of aryl methyl sites for hydroxylation is 1. The van der Waals surface area contributed by atoms with Gasteiger partial charge in [-0.3, -0.25) is 9.89 Å². The van der Waals surface area contributed by atoms with Crippen molar-refractivity contribution in [3.05, 3.63) is 47.0 Å². The molecule has 0 unspecified atom stereocenters. The smallest absolute Gasteiger partial charge is 0.255 e. The van der Waals surface area contributed by atoms with Crippen LogP contribution < -0.4 is 10.2 Å². The Morgan fingerprint density at radius 2 is 2.16 bits per heavy atom. The fourth-order valence-corrected chi connectivity index (χ4v) is 3.20. The summed E-state index contributed by atoms with van der Waals surface area (Å²) in [4.78, 5) is 14.5. The molecule has 2 heterocycles. The molecule has 1 aromatic heterocycles. The molecular weight excluding hydrogens is 323 g/mol. The third-order valence-electron chi connectivity index (χ3n) is 4.68. The van der Waals surface area contributed by atoms with Crippen molar-refractivity contribution >= 4 is 11.6 Å². The first-order valence-corrected chi connectivity index (χ1v) is 8.49. The molecule has 25 heavy (non-hydrogen) atoms. The molecule has 0 radical (unpaired) electrons. The van der Waals surface area contributed by atoms with Crippen LogP contribution in [0.5, 0.6) is 0 Å². The quantitative estimate of drug-likeness (QED) is 0.793. The number of hydrogen-bond acceptors (Lipinski definition) is 4. The molecule has 134 valence electrons. The minimum atomic E-state index is -0.362. The number of nitrogens with one attached hydrogen (secondary N) is 2. The van der Waals surface area contributed by atoms with Crippen LogP contribution >= 0.6 is 0 Å². The Labute approximate surface area is 146 Å². The largest absolute Gasteiger partial charge is 0.393 e. The molecule has 1 fully saturated rings. The van der Waals surface area contributed by atoms with Crippen molar-refractivity contribution in [1.29, 1.82) is 0 Å². The molecule has 7 heteroatoms. The van der Waals surface area contributed by atoms with Gasteiger partial charge in [0.25, 0.3) is 5.91 Å². The maximum absolute atomic E-state index is 13.8. The number of nitrogens with zero attached hydrogens (tertiary/aromatic N) is 2. The maximum Gasteiger partial charge on any atom is 0.255 e. The predicted molar refractivity (Wildman–Crippen MR) is 93.1 cm³/mol. The summed E-state index contributed by atoms with van der Waals surface area (Å²) in [6.45, 7) is 5.03. The van der Waals surface area contributed by atoms with Crippen LogP contribution in [-0.4, -0.2) is 40.4 Å². The lowest BCUT2D eigenvalue weighted by atomic mass is 10.0. The van der Waals surface area contributed by atoms with Gasteiger partial charge in [-0.1, -0.05) is 0 Å². The monoisotopic (exact) mass is 346 g/mol. The van der Waals surface area contributed by atoms with Gasteiger partial charge in [-0.05, 0) is 44.9 Å². The average molecular weight is 346 g/mol. The van der Waals surface area contributed by atoms with Crippen molar-refractivity contribution < 1.29 is 14.3 Å². The molecule has 1 atom stereocenters. The molecule has 1 aliphatic rings. The van der Waals surface area contributed by atoms with Crippen molar-refractivity contribution in [2.45, 2.75) is 38.8 Å². The number of carbonyl (C=O) groups excluding carboxylic acids is 1. The fourth-order valence-electron chi connectivity index (χ4n) is 3.20. The molecule has 0 bridgehead atoms. The van der Waals surface area contributed by atoms with E-state index in [1.54, 1.807) is 13.0 Å². The topological polar surface area (TPSA) is 81.2 Å². The van der Waals surface area contributed by atoms with E-state index in [1.165, 1.54) is 18.3 Å². The number of piperidine rings is 1. The summed E-state index contributed by atoms with van der Waals surface area (Å²) >= 11 is 0. The Morgan fingerprint density at radius 3 is 2.80 bits per heavy atom. The van der Waals surface area contributed by atoms with Crippen molar-refractivity contribution in [2.75, 3.05) is 18.0 Å². The molecule has 1 amide bonds. The van der Waals surface area contributed by atoms with E-state index < -0.39 is 0 Å². The lowest BCUT2D eigenvalue weighted by Crippen LogP contribution is -2.37. The van der Waals surface area contributed by atoms with Crippen LogP contribution in [0.3, 0.4) is 0 Å². The molecule has 6 nitrogen and oxygen atoms in total. The van der Waals surface area contributed by atoms with Crippen LogP contribution in [0.1, 0.15) is 47.4 Å². The zero-order valence-corrected chi connectivity index (χ0v) is 14.4. The highest BCUT2D eigenvalue weighted by molar-refractivity contribution is 5.95. The summed E-state index contributed by atoms with van der Waals surface area (Å²) in [6.07, 6.45) is 2.58. The predicted octanol–water partition coefficient (Wildman–Crippen LogP) is 2.31. The van der Waals surface area contributed by atoms with Crippen LogP contribution in [-0.2, 0) is 0 Å². The van der Waals surface area contributed by atoms with Gasteiger partial charge in [0.05, 0.1) is 23.9 Å². The molecule has 2 aromatic rings. The summed E-state index contributed by atoms with van der Waals surface area (Å²) in [6, 6.07) is 4.28. The number of aromatic nitrogens is 2. The summed E-state index contributed by atoms with van der Waals surface area (Å²) in [5.41, 5.74) is 2.79. The fraction of sp³-hybridized carbons (Fsp3) is 0.444. The number of H-pyrrole nitrogens is 1. The summed E-state index contributed by atoms with van der Waals surface area (Å²) in [5, 5.41) is 19.2. The number of aliphatic hydroxyl groups excluding tert-OH is 1. The van der Waals surface area contributed by atoms with Gasteiger partial charge < -0.3 is 15.3 Å². The van der Waals surface area contributed by atoms with E-state index in [-0.39, 0.29) is 23.9 Å². The van der Waals surface area contributed by atoms with Crippen molar-refractivity contribution in [3.63, 3.8) is 0 Å². The first-order valence-electron chi connectivity index (χ1n) is 8.49. The highest BCUT2D eigenvalue weighted by Gasteiger charge is 2.23. The van der Waals surface area contributed by atoms with Gasteiger partial charge in [0.2, 0.25) is 0 Å². The van der Waals surface area contributed by atoms with Crippen molar-refractivity contribution in [3.8, 4) is 0 Å². The molecule has 0 saturated carbocycles. The van der Waals surface area contributed by atoms with Gasteiger partial charge in [-0.15, -0.1) is 0 Å². The van der Waals surface area contributed by atoms with Crippen LogP contribution in [0, 0.1) is 12.7 Å². The van der Waals surface area contributed by atoms with Crippen molar-refractivity contribution in [2.24, 2.45) is 0 Å². The Morgan fingerprint density at radius 1 is 1.44 bits per heavy atom. The van der Waals surface area contributed by atoms with E-state index in [0.29, 0.717) is 37.2 Å². The van der Waals surface area contributed by atoms with E-state index in [9.17, 15) is 14.3 Å². The number of halogens is 1. The summed E-state index contributed by atoms with van der Waals surface area (Å²) < 4.78 is 13.8. The van der Waals surface area contributed by atoms with E-state index in [0.717, 1.165) is 11.3 Å². The standard InChI is InChI=1S/C18H23FN4O2/c1-11(21-18(25)16-10-20-22-12(16)2)15-9-13(19)3-4-17(15)23-7-5-14(24)6-8-23/h3-4,9-11,14,24H,5-8H2,1-2H3,(H,20,22)(H,21,25)/t11-/m1/s1. The first-order chi connectivity index (χ1) is 12.0. The van der Waals surface area contributed by atoms with Crippen molar-refractivity contribution in [1.82, 2.24) is 15.5 Å². The minimum Gasteiger partial charge on any atom is -0.393 e. The zero-order chi connectivity index (χ0) is 18.0. The molecule has 0 aliphatic carbocycles. The van der Waals surface area contributed by atoms with E-state index >= 15 is 0 Å². The Bertz CT molecular complexity index is 753. The summed E-state index contributed by atoms with van der Waals surface area (Å²) in [7, 11) is 0. The number of benzene rings is 1. The number of anilines is 1. The van der Waals surface area contributed by atoms with Gasteiger partial charge in [0.1, 0.15) is 5.82 Å². The highest BCUT2D eigenvalue weighted by atomic mass is 19.1. The Kier molecular flexibility index (Phi) is 5.03. The van der Waals surface area contributed by atoms with Gasteiger partial charge >= 0.3 is 0 Å². The Balaban J connectivity index is 1.81. The lowest BCUT2D eigenvalue weighted by Gasteiger charge is -2.34. The third kappa shape index (κ3) is 3.82. The molecular formula is C18H23FN4O2. The number of aromatic amines is 1. The molecule has 1 saturated heterocycles. The lowest BCUT2D eigenvalue weighted by molar-refractivity contribution is 0.0939. The molecule has 1 aromatic carbocycles. The normalized spacial score (nSPS) is 16.7. The van der Waals surface area contributed by atoms with E-state index in [2.05, 4.69) is 20.4 Å². The molecule has 3 N–H and O–H groups in total. The minimum absolute atomic E-state index is 0.247. The van der Waals surface area contributed by atoms with Gasteiger partial charge in [0.15, 0.2) is 0 Å². The van der Waals surface area contributed by atoms with Crippen LogP contribution in [0.25, 0.3) is 0 Å². The van der Waals surface area contributed by atoms with Gasteiger partial charge in [-0.25, -0.2) is 4.39 Å². The molecule has 1 aliphatic heterocycles. The summed E-state index contributed by atoms with van der Waals surface area (Å²) in [5.74, 6) is -0.584. The SMILES string of the molecule is Cc1[nH]ncc1C(=O)N[C@H](C)c1cc(F)ccc1N1CCC(O)CC1. The van der Waals surface area contributed by atoms with E-state index in [4.69, 9.17) is 0 Å². The Hall–Kier alpha value is -2.41. The number of hydrogen-bond donors (Lipinski definition) is 3. The van der Waals surface area contributed by atoms with Crippen LogP contribution in [0.2, 0.25) is 0 Å². The second kappa shape index (κ2) is 7.23. The van der Waals surface area contributed by atoms with Gasteiger partial charge in [0, 0.05) is 30.0 Å². The number of rotatable bonds is 4. The van der Waals surface area contributed by atoms with Gasteiger partial charge in [-0.2, -0.15) is 5.10 Å². The number of carbonyl (C=O) groups is 1. The molecule has 0 spiro atoms.